The molecule has 0 aliphatic heterocycles. The Morgan fingerprint density at radius 1 is 1.18 bits per heavy atom. The molecule has 0 aromatic carbocycles. The average Bonchev–Trinajstić information content (AvgIpc) is 3.16. The number of aromatic nitrogens is 3. The molecule has 1 aliphatic carbocycles. The van der Waals surface area contributed by atoms with Crippen LogP contribution in [0.4, 0.5) is 5.95 Å². The first kappa shape index (κ1) is 12.6. The standard InChI is InChI=1S/C12H19ClN4/c1-3-9-10(4-2)16-17-11(15-9)14-8-12(7-13)5-6-12/h3-8H2,1-2H3,(H,14,15,17). The van der Waals surface area contributed by atoms with Gasteiger partial charge in [-0.15, -0.1) is 16.7 Å². The third kappa shape index (κ3) is 2.86. The van der Waals surface area contributed by atoms with Gasteiger partial charge in [0.05, 0.1) is 11.4 Å². The molecule has 2 rings (SSSR count). The molecule has 1 fully saturated rings. The van der Waals surface area contributed by atoms with Gasteiger partial charge < -0.3 is 5.32 Å². The van der Waals surface area contributed by atoms with E-state index in [4.69, 9.17) is 11.6 Å². The normalized spacial score (nSPS) is 16.9. The van der Waals surface area contributed by atoms with Crippen molar-refractivity contribution in [3.63, 3.8) is 0 Å². The zero-order valence-electron chi connectivity index (χ0n) is 10.5. The van der Waals surface area contributed by atoms with E-state index < -0.39 is 0 Å². The van der Waals surface area contributed by atoms with E-state index >= 15 is 0 Å². The fraction of sp³-hybridized carbons (Fsp3) is 0.750. The monoisotopic (exact) mass is 254 g/mol. The summed E-state index contributed by atoms with van der Waals surface area (Å²) in [5.41, 5.74) is 2.32. The minimum absolute atomic E-state index is 0.278. The highest BCUT2D eigenvalue weighted by atomic mass is 35.5. The van der Waals surface area contributed by atoms with Crippen molar-refractivity contribution in [1.29, 1.82) is 0 Å². The van der Waals surface area contributed by atoms with E-state index in [2.05, 4.69) is 34.3 Å². The summed E-state index contributed by atoms with van der Waals surface area (Å²) in [5.74, 6) is 1.34. The molecular weight excluding hydrogens is 236 g/mol. The van der Waals surface area contributed by atoms with Crippen molar-refractivity contribution >= 4 is 17.5 Å². The molecule has 0 unspecified atom stereocenters. The van der Waals surface area contributed by atoms with Crippen LogP contribution in [0.5, 0.6) is 0 Å². The van der Waals surface area contributed by atoms with Gasteiger partial charge >= 0.3 is 0 Å². The van der Waals surface area contributed by atoms with E-state index in [1.807, 2.05) is 0 Å². The Balaban J connectivity index is 2.01. The Hall–Kier alpha value is -0.900. The Labute approximate surface area is 107 Å². The first-order valence-corrected chi connectivity index (χ1v) is 6.79. The Bertz CT molecular complexity index is 390. The molecule has 1 aromatic heterocycles. The van der Waals surface area contributed by atoms with Crippen molar-refractivity contribution in [3.05, 3.63) is 11.4 Å². The summed E-state index contributed by atoms with van der Waals surface area (Å²) in [5, 5.41) is 11.6. The number of nitrogens with zero attached hydrogens (tertiary/aromatic N) is 3. The van der Waals surface area contributed by atoms with Gasteiger partial charge in [-0.2, -0.15) is 5.10 Å². The van der Waals surface area contributed by atoms with Crippen molar-refractivity contribution in [2.45, 2.75) is 39.5 Å². The molecular formula is C12H19ClN4. The summed E-state index contributed by atoms with van der Waals surface area (Å²) in [7, 11) is 0. The van der Waals surface area contributed by atoms with Crippen LogP contribution in [-0.4, -0.2) is 27.6 Å². The van der Waals surface area contributed by atoms with E-state index in [1.54, 1.807) is 0 Å². The number of anilines is 1. The first-order chi connectivity index (χ1) is 8.23. The molecule has 5 heteroatoms. The van der Waals surface area contributed by atoms with E-state index in [0.29, 0.717) is 11.8 Å². The van der Waals surface area contributed by atoms with Crippen LogP contribution in [0.3, 0.4) is 0 Å². The fourth-order valence-electron chi connectivity index (χ4n) is 1.81. The second kappa shape index (κ2) is 5.17. The summed E-state index contributed by atoms with van der Waals surface area (Å²) in [6, 6.07) is 0. The van der Waals surface area contributed by atoms with Gasteiger partial charge in [-0.3, -0.25) is 0 Å². The molecule has 1 saturated carbocycles. The van der Waals surface area contributed by atoms with E-state index in [0.717, 1.165) is 30.8 Å². The SMILES string of the molecule is CCc1nnc(NCC2(CCl)CC2)nc1CC. The Kier molecular flexibility index (Phi) is 3.82. The number of halogens is 1. The summed E-state index contributed by atoms with van der Waals surface area (Å²) in [6.07, 6.45) is 4.18. The summed E-state index contributed by atoms with van der Waals surface area (Å²) in [6.45, 7) is 5.02. The Morgan fingerprint density at radius 3 is 2.41 bits per heavy atom. The molecule has 1 aliphatic rings. The van der Waals surface area contributed by atoms with Crippen LogP contribution in [0.15, 0.2) is 0 Å². The molecule has 0 spiro atoms. The van der Waals surface area contributed by atoms with Crippen molar-refractivity contribution in [1.82, 2.24) is 15.2 Å². The van der Waals surface area contributed by atoms with Crippen molar-refractivity contribution in [2.24, 2.45) is 5.41 Å². The molecule has 0 saturated heterocycles. The number of hydrogen-bond acceptors (Lipinski definition) is 4. The average molecular weight is 255 g/mol. The highest BCUT2D eigenvalue weighted by Crippen LogP contribution is 2.46. The quantitative estimate of drug-likeness (QED) is 0.793. The predicted octanol–water partition coefficient (Wildman–Crippen LogP) is 2.43. The van der Waals surface area contributed by atoms with Crippen LogP contribution in [0.1, 0.15) is 38.1 Å². The third-order valence-electron chi connectivity index (χ3n) is 3.37. The lowest BCUT2D eigenvalue weighted by Crippen LogP contribution is -2.19. The van der Waals surface area contributed by atoms with E-state index in [1.165, 1.54) is 12.8 Å². The summed E-state index contributed by atoms with van der Waals surface area (Å²) in [4.78, 5) is 4.50. The number of hydrogen-bond donors (Lipinski definition) is 1. The van der Waals surface area contributed by atoms with Gasteiger partial charge in [-0.05, 0) is 25.7 Å². The van der Waals surface area contributed by atoms with Crippen LogP contribution < -0.4 is 5.32 Å². The number of nitrogens with one attached hydrogen (secondary N) is 1. The van der Waals surface area contributed by atoms with Gasteiger partial charge in [-0.25, -0.2) is 4.98 Å². The van der Waals surface area contributed by atoms with Gasteiger partial charge in [0.15, 0.2) is 0 Å². The molecule has 0 radical (unpaired) electrons. The predicted molar refractivity (Wildman–Crippen MR) is 69.5 cm³/mol. The van der Waals surface area contributed by atoms with Crippen LogP contribution >= 0.6 is 11.6 Å². The maximum absolute atomic E-state index is 5.93. The van der Waals surface area contributed by atoms with Crippen molar-refractivity contribution < 1.29 is 0 Å². The van der Waals surface area contributed by atoms with Gasteiger partial charge in [0.2, 0.25) is 5.95 Å². The number of aryl methyl sites for hydroxylation is 2. The van der Waals surface area contributed by atoms with E-state index in [-0.39, 0.29) is 5.41 Å². The lowest BCUT2D eigenvalue weighted by Gasteiger charge is -2.12. The minimum Gasteiger partial charge on any atom is -0.352 e. The second-order valence-electron chi connectivity index (χ2n) is 4.72. The zero-order valence-corrected chi connectivity index (χ0v) is 11.2. The smallest absolute Gasteiger partial charge is 0.242 e. The van der Waals surface area contributed by atoms with Crippen LogP contribution in [0, 0.1) is 5.41 Å². The Morgan fingerprint density at radius 2 is 1.88 bits per heavy atom. The molecule has 1 aromatic rings. The fourth-order valence-corrected chi connectivity index (χ4v) is 2.18. The van der Waals surface area contributed by atoms with Crippen molar-refractivity contribution in [2.75, 3.05) is 17.7 Å². The molecule has 4 nitrogen and oxygen atoms in total. The molecule has 1 N–H and O–H groups in total. The van der Waals surface area contributed by atoms with Gasteiger partial charge in [0.1, 0.15) is 0 Å². The minimum atomic E-state index is 0.278. The molecule has 0 bridgehead atoms. The van der Waals surface area contributed by atoms with Gasteiger partial charge in [0.25, 0.3) is 0 Å². The van der Waals surface area contributed by atoms with Crippen LogP contribution in [0.2, 0.25) is 0 Å². The first-order valence-electron chi connectivity index (χ1n) is 6.25. The molecule has 17 heavy (non-hydrogen) atoms. The summed E-state index contributed by atoms with van der Waals surface area (Å²) < 4.78 is 0. The maximum Gasteiger partial charge on any atom is 0.242 e. The van der Waals surface area contributed by atoms with Crippen LogP contribution in [-0.2, 0) is 12.8 Å². The topological polar surface area (TPSA) is 50.7 Å². The van der Waals surface area contributed by atoms with Crippen LogP contribution in [0.25, 0.3) is 0 Å². The van der Waals surface area contributed by atoms with Gasteiger partial charge in [0, 0.05) is 17.8 Å². The second-order valence-corrected chi connectivity index (χ2v) is 4.99. The molecule has 0 atom stereocenters. The molecule has 1 heterocycles. The third-order valence-corrected chi connectivity index (χ3v) is 3.94. The van der Waals surface area contributed by atoms with E-state index in [9.17, 15) is 0 Å². The van der Waals surface area contributed by atoms with Crippen molar-refractivity contribution in [3.8, 4) is 0 Å². The van der Waals surface area contributed by atoms with Gasteiger partial charge in [-0.1, -0.05) is 13.8 Å². The highest BCUT2D eigenvalue weighted by molar-refractivity contribution is 6.18. The lowest BCUT2D eigenvalue weighted by atomic mass is 10.1. The lowest BCUT2D eigenvalue weighted by molar-refractivity contribution is 0.613. The molecule has 0 amide bonds. The maximum atomic E-state index is 5.93. The largest absolute Gasteiger partial charge is 0.352 e. The zero-order chi connectivity index (χ0) is 12.3. The highest BCUT2D eigenvalue weighted by Gasteiger charge is 2.41. The number of alkyl halides is 1. The number of rotatable bonds is 6. The summed E-state index contributed by atoms with van der Waals surface area (Å²) >= 11 is 5.93. The molecule has 94 valence electrons.